The van der Waals surface area contributed by atoms with E-state index in [9.17, 15) is 13.2 Å². The van der Waals surface area contributed by atoms with Gasteiger partial charge in [0, 0.05) is 11.7 Å². The third kappa shape index (κ3) is 3.65. The molecule has 94 valence electrons. The lowest BCUT2D eigenvalue weighted by Gasteiger charge is -2.16. The van der Waals surface area contributed by atoms with Crippen LogP contribution in [-0.4, -0.2) is 6.04 Å². The van der Waals surface area contributed by atoms with Crippen LogP contribution in [0.5, 0.6) is 0 Å². The number of benzene rings is 1. The van der Waals surface area contributed by atoms with E-state index < -0.39 is 11.7 Å². The van der Waals surface area contributed by atoms with Gasteiger partial charge in [-0.1, -0.05) is 18.9 Å². The summed E-state index contributed by atoms with van der Waals surface area (Å²) in [7, 11) is 0. The predicted molar refractivity (Wildman–Crippen MR) is 61.9 cm³/mol. The maximum atomic E-state index is 12.5. The van der Waals surface area contributed by atoms with Gasteiger partial charge in [0.2, 0.25) is 0 Å². The summed E-state index contributed by atoms with van der Waals surface area (Å²) in [5.41, 5.74) is -0.0471. The van der Waals surface area contributed by atoms with Crippen LogP contribution in [0.3, 0.4) is 0 Å². The van der Waals surface area contributed by atoms with Gasteiger partial charge in [-0.25, -0.2) is 0 Å². The average Bonchev–Trinajstić information content (AvgIpc) is 3.00. The van der Waals surface area contributed by atoms with E-state index >= 15 is 0 Å². The monoisotopic (exact) mass is 243 g/mol. The molecule has 2 rings (SSSR count). The number of anilines is 1. The fourth-order valence-electron chi connectivity index (χ4n) is 1.98. The van der Waals surface area contributed by atoms with Crippen LogP contribution in [0.25, 0.3) is 0 Å². The van der Waals surface area contributed by atoms with Crippen molar-refractivity contribution in [1.29, 1.82) is 0 Å². The molecule has 0 amide bonds. The molecule has 1 nitrogen and oxygen atoms in total. The van der Waals surface area contributed by atoms with Crippen molar-refractivity contribution in [2.45, 2.75) is 38.4 Å². The first-order valence-electron chi connectivity index (χ1n) is 5.89. The van der Waals surface area contributed by atoms with Crippen molar-refractivity contribution in [2.24, 2.45) is 5.92 Å². The van der Waals surface area contributed by atoms with Crippen LogP contribution in [-0.2, 0) is 6.18 Å². The van der Waals surface area contributed by atoms with E-state index in [2.05, 4.69) is 5.32 Å². The Balaban J connectivity index is 2.00. The van der Waals surface area contributed by atoms with Gasteiger partial charge < -0.3 is 5.32 Å². The largest absolute Gasteiger partial charge is 0.416 e. The van der Waals surface area contributed by atoms with Crippen LogP contribution in [0, 0.1) is 5.92 Å². The lowest BCUT2D eigenvalue weighted by Crippen LogP contribution is -2.16. The van der Waals surface area contributed by atoms with E-state index in [4.69, 9.17) is 0 Å². The molecular weight excluding hydrogens is 227 g/mol. The van der Waals surface area contributed by atoms with Gasteiger partial charge in [0.25, 0.3) is 0 Å². The van der Waals surface area contributed by atoms with Crippen LogP contribution >= 0.6 is 0 Å². The number of hydrogen-bond donors (Lipinski definition) is 1. The van der Waals surface area contributed by atoms with Gasteiger partial charge in [0.1, 0.15) is 0 Å². The molecule has 4 heteroatoms. The minimum absolute atomic E-state index is 0.228. The highest BCUT2D eigenvalue weighted by Crippen LogP contribution is 2.34. The van der Waals surface area contributed by atoms with E-state index in [1.165, 1.54) is 25.0 Å². The fraction of sp³-hybridized carbons (Fsp3) is 0.538. The quantitative estimate of drug-likeness (QED) is 0.831. The zero-order valence-electron chi connectivity index (χ0n) is 9.72. The molecule has 1 aliphatic carbocycles. The van der Waals surface area contributed by atoms with Crippen LogP contribution in [0.15, 0.2) is 24.3 Å². The molecule has 1 aliphatic rings. The summed E-state index contributed by atoms with van der Waals surface area (Å²) in [6, 6.07) is 5.61. The Morgan fingerprint density at radius 1 is 1.35 bits per heavy atom. The number of hydrogen-bond acceptors (Lipinski definition) is 1. The Hall–Kier alpha value is -1.19. The third-order valence-electron chi connectivity index (χ3n) is 2.99. The van der Waals surface area contributed by atoms with Crippen molar-refractivity contribution in [3.8, 4) is 0 Å². The van der Waals surface area contributed by atoms with E-state index in [0.717, 1.165) is 18.4 Å². The zero-order chi connectivity index (χ0) is 12.5. The predicted octanol–water partition coefficient (Wildman–Crippen LogP) is 4.31. The molecule has 0 saturated heterocycles. The second kappa shape index (κ2) is 4.59. The topological polar surface area (TPSA) is 12.0 Å². The summed E-state index contributed by atoms with van der Waals surface area (Å²) < 4.78 is 37.5. The lowest BCUT2D eigenvalue weighted by atomic mass is 10.1. The molecule has 0 aromatic heterocycles. The minimum atomic E-state index is -4.27. The maximum Gasteiger partial charge on any atom is 0.416 e. The highest BCUT2D eigenvalue weighted by molar-refractivity contribution is 5.47. The first-order valence-corrected chi connectivity index (χ1v) is 5.89. The van der Waals surface area contributed by atoms with E-state index in [0.29, 0.717) is 5.69 Å². The van der Waals surface area contributed by atoms with Gasteiger partial charge in [-0.3, -0.25) is 0 Å². The molecule has 0 radical (unpaired) electrons. The molecule has 1 fully saturated rings. The van der Waals surface area contributed by atoms with Gasteiger partial charge in [-0.2, -0.15) is 13.2 Å². The standard InChI is InChI=1S/C13H16F3N/c1-9(7-10-5-6-10)17-12-4-2-3-11(8-12)13(14,15)16/h2-4,8-10,17H,5-7H2,1H3. The zero-order valence-corrected chi connectivity index (χ0v) is 9.72. The normalized spacial score (nSPS) is 17.9. The van der Waals surface area contributed by atoms with Crippen molar-refractivity contribution in [3.05, 3.63) is 29.8 Å². The van der Waals surface area contributed by atoms with E-state index in [-0.39, 0.29) is 6.04 Å². The number of alkyl halides is 3. The molecule has 17 heavy (non-hydrogen) atoms. The van der Waals surface area contributed by atoms with Crippen LogP contribution < -0.4 is 5.32 Å². The van der Waals surface area contributed by atoms with Gasteiger partial charge in [0.05, 0.1) is 5.56 Å². The molecule has 1 saturated carbocycles. The van der Waals surface area contributed by atoms with Crippen molar-refractivity contribution in [3.63, 3.8) is 0 Å². The molecule has 1 unspecified atom stereocenters. The van der Waals surface area contributed by atoms with Crippen molar-refractivity contribution >= 4 is 5.69 Å². The van der Waals surface area contributed by atoms with Gasteiger partial charge >= 0.3 is 6.18 Å². The Labute approximate surface area is 99.0 Å². The maximum absolute atomic E-state index is 12.5. The third-order valence-corrected chi connectivity index (χ3v) is 2.99. The van der Waals surface area contributed by atoms with Crippen molar-refractivity contribution in [1.82, 2.24) is 0 Å². The van der Waals surface area contributed by atoms with Crippen molar-refractivity contribution in [2.75, 3.05) is 5.32 Å². The highest BCUT2D eigenvalue weighted by atomic mass is 19.4. The van der Waals surface area contributed by atoms with Gasteiger partial charge in [0.15, 0.2) is 0 Å². The molecule has 0 spiro atoms. The summed E-state index contributed by atoms with van der Waals surface area (Å²) in [6.45, 7) is 2.01. The average molecular weight is 243 g/mol. The van der Waals surface area contributed by atoms with E-state index in [1.807, 2.05) is 6.92 Å². The fourth-order valence-corrected chi connectivity index (χ4v) is 1.98. The first kappa shape index (κ1) is 12.3. The summed E-state index contributed by atoms with van der Waals surface area (Å²) in [6.07, 6.45) is -0.711. The Morgan fingerprint density at radius 2 is 2.06 bits per heavy atom. The van der Waals surface area contributed by atoms with Gasteiger partial charge in [-0.15, -0.1) is 0 Å². The number of halogens is 3. The Bertz CT molecular complexity index is 382. The minimum Gasteiger partial charge on any atom is -0.383 e. The smallest absolute Gasteiger partial charge is 0.383 e. The summed E-state index contributed by atoms with van der Waals surface area (Å²) in [5, 5.41) is 3.13. The van der Waals surface area contributed by atoms with Crippen LogP contribution in [0.1, 0.15) is 31.7 Å². The van der Waals surface area contributed by atoms with E-state index in [1.54, 1.807) is 6.07 Å². The number of rotatable bonds is 4. The number of nitrogens with one attached hydrogen (secondary N) is 1. The molecule has 0 bridgehead atoms. The summed E-state index contributed by atoms with van der Waals surface area (Å²) in [5.74, 6) is 0.767. The molecule has 0 aliphatic heterocycles. The molecular formula is C13H16F3N. The Morgan fingerprint density at radius 3 is 2.65 bits per heavy atom. The highest BCUT2D eigenvalue weighted by Gasteiger charge is 2.30. The first-order chi connectivity index (χ1) is 7.95. The molecule has 0 heterocycles. The Kier molecular flexibility index (Phi) is 3.31. The summed E-state index contributed by atoms with van der Waals surface area (Å²) >= 11 is 0. The lowest BCUT2D eigenvalue weighted by molar-refractivity contribution is -0.137. The summed E-state index contributed by atoms with van der Waals surface area (Å²) in [4.78, 5) is 0. The van der Waals surface area contributed by atoms with Gasteiger partial charge in [-0.05, 0) is 37.5 Å². The van der Waals surface area contributed by atoms with Crippen LogP contribution in [0.4, 0.5) is 18.9 Å². The molecule has 1 aromatic carbocycles. The second-order valence-electron chi connectivity index (χ2n) is 4.80. The SMILES string of the molecule is CC(CC1CC1)Nc1cccc(C(F)(F)F)c1. The second-order valence-corrected chi connectivity index (χ2v) is 4.80. The molecule has 1 N–H and O–H groups in total. The van der Waals surface area contributed by atoms with Crippen LogP contribution in [0.2, 0.25) is 0 Å². The molecule has 1 atom stereocenters. The van der Waals surface area contributed by atoms with Crippen molar-refractivity contribution < 1.29 is 13.2 Å². The molecule has 1 aromatic rings.